The Kier molecular flexibility index (Phi) is 4.13. The summed E-state index contributed by atoms with van der Waals surface area (Å²) in [5, 5.41) is 0. The molecule has 1 aliphatic rings. The van der Waals surface area contributed by atoms with Crippen molar-refractivity contribution in [2.45, 2.75) is 40.0 Å². The molecule has 1 rings (SSSR count). The normalized spacial score (nSPS) is 24.9. The Balaban J connectivity index is 2.78. The molecule has 0 N–H and O–H groups in total. The van der Waals surface area contributed by atoms with Gasteiger partial charge in [0.05, 0.1) is 12.0 Å². The van der Waals surface area contributed by atoms with Crippen LogP contribution in [0.3, 0.4) is 0 Å². The molecular formula is C13H20O2. The lowest BCUT2D eigenvalue weighted by Gasteiger charge is -2.28. The van der Waals surface area contributed by atoms with Gasteiger partial charge in [-0.05, 0) is 26.2 Å². The van der Waals surface area contributed by atoms with E-state index in [-0.39, 0.29) is 5.97 Å². The molecule has 84 valence electrons. The minimum Gasteiger partial charge on any atom is -0.465 e. The van der Waals surface area contributed by atoms with E-state index in [9.17, 15) is 4.79 Å². The largest absolute Gasteiger partial charge is 0.465 e. The Morgan fingerprint density at radius 3 is 2.60 bits per heavy atom. The summed E-state index contributed by atoms with van der Waals surface area (Å²) < 4.78 is 5.13. The van der Waals surface area contributed by atoms with Gasteiger partial charge in [-0.25, -0.2) is 0 Å². The van der Waals surface area contributed by atoms with Gasteiger partial charge in [-0.3, -0.25) is 4.79 Å². The van der Waals surface area contributed by atoms with Gasteiger partial charge in [-0.15, -0.1) is 0 Å². The Hall–Kier alpha value is -1.05. The molecule has 0 heterocycles. The van der Waals surface area contributed by atoms with Crippen LogP contribution in [0.4, 0.5) is 0 Å². The first-order valence-corrected chi connectivity index (χ1v) is 5.74. The average molecular weight is 208 g/mol. The molecule has 0 aromatic heterocycles. The number of rotatable bonds is 4. The third-order valence-corrected chi connectivity index (χ3v) is 3.07. The molecule has 15 heavy (non-hydrogen) atoms. The van der Waals surface area contributed by atoms with Crippen molar-refractivity contribution in [1.82, 2.24) is 0 Å². The van der Waals surface area contributed by atoms with Crippen LogP contribution in [0.15, 0.2) is 23.8 Å². The van der Waals surface area contributed by atoms with Crippen molar-refractivity contribution < 1.29 is 9.53 Å². The first-order valence-electron chi connectivity index (χ1n) is 5.74. The van der Waals surface area contributed by atoms with E-state index in [2.05, 4.69) is 19.1 Å². The first-order chi connectivity index (χ1) is 7.18. The van der Waals surface area contributed by atoms with E-state index >= 15 is 0 Å². The lowest BCUT2D eigenvalue weighted by molar-refractivity contribution is -0.152. The summed E-state index contributed by atoms with van der Waals surface area (Å²) in [5.74, 6) is -0.0878. The second kappa shape index (κ2) is 5.15. The highest BCUT2D eigenvalue weighted by Crippen LogP contribution is 2.35. The summed E-state index contributed by atoms with van der Waals surface area (Å²) in [6.45, 7) is 6.46. The number of ether oxygens (including phenoxy) is 1. The minimum absolute atomic E-state index is 0.0878. The zero-order chi connectivity index (χ0) is 11.3. The van der Waals surface area contributed by atoms with Gasteiger partial charge in [0.15, 0.2) is 0 Å². The second-order valence-electron chi connectivity index (χ2n) is 3.90. The average Bonchev–Trinajstić information content (AvgIpc) is 2.29. The zero-order valence-electron chi connectivity index (χ0n) is 9.88. The highest BCUT2D eigenvalue weighted by molar-refractivity contribution is 5.80. The molecule has 1 unspecified atom stereocenters. The van der Waals surface area contributed by atoms with E-state index in [4.69, 9.17) is 4.74 Å². The molecule has 0 radical (unpaired) electrons. The fourth-order valence-electron chi connectivity index (χ4n) is 1.81. The van der Waals surface area contributed by atoms with Crippen molar-refractivity contribution in [3.8, 4) is 0 Å². The molecule has 0 saturated heterocycles. The molecule has 0 saturated carbocycles. The van der Waals surface area contributed by atoms with E-state index in [1.54, 1.807) is 0 Å². The van der Waals surface area contributed by atoms with E-state index in [1.807, 2.05) is 19.9 Å². The third-order valence-electron chi connectivity index (χ3n) is 3.07. The van der Waals surface area contributed by atoms with Crippen LogP contribution in [0.5, 0.6) is 0 Å². The van der Waals surface area contributed by atoms with Crippen molar-refractivity contribution in [2.75, 3.05) is 6.61 Å². The van der Waals surface area contributed by atoms with Crippen LogP contribution in [0.25, 0.3) is 0 Å². The van der Waals surface area contributed by atoms with E-state index in [1.165, 1.54) is 5.57 Å². The molecule has 0 aliphatic heterocycles. The fourth-order valence-corrected chi connectivity index (χ4v) is 1.81. The molecule has 0 aromatic carbocycles. The van der Waals surface area contributed by atoms with Crippen LogP contribution in [0.1, 0.15) is 40.0 Å². The summed E-state index contributed by atoms with van der Waals surface area (Å²) in [4.78, 5) is 11.8. The van der Waals surface area contributed by atoms with Crippen LogP contribution in [0.2, 0.25) is 0 Å². The van der Waals surface area contributed by atoms with Crippen molar-refractivity contribution in [3.63, 3.8) is 0 Å². The molecule has 1 atom stereocenters. The van der Waals surface area contributed by atoms with E-state index in [0.29, 0.717) is 6.61 Å². The van der Waals surface area contributed by atoms with Crippen molar-refractivity contribution in [3.05, 3.63) is 23.8 Å². The molecule has 0 amide bonds. The minimum atomic E-state index is -0.408. The van der Waals surface area contributed by atoms with Gasteiger partial charge < -0.3 is 4.74 Å². The number of allylic oxidation sites excluding steroid dienone is 3. The molecule has 0 aromatic rings. The number of hydrogen-bond donors (Lipinski definition) is 0. The van der Waals surface area contributed by atoms with Gasteiger partial charge in [0.1, 0.15) is 0 Å². The van der Waals surface area contributed by atoms with Gasteiger partial charge >= 0.3 is 5.97 Å². The summed E-state index contributed by atoms with van der Waals surface area (Å²) >= 11 is 0. The molecular weight excluding hydrogens is 188 g/mol. The van der Waals surface area contributed by atoms with Gasteiger partial charge in [0.25, 0.3) is 0 Å². The Labute approximate surface area is 92.0 Å². The predicted octanol–water partition coefficient (Wildman–Crippen LogP) is 3.24. The predicted molar refractivity (Wildman–Crippen MR) is 61.5 cm³/mol. The van der Waals surface area contributed by atoms with Crippen molar-refractivity contribution >= 4 is 5.97 Å². The zero-order valence-corrected chi connectivity index (χ0v) is 9.88. The monoisotopic (exact) mass is 208 g/mol. The van der Waals surface area contributed by atoms with Crippen LogP contribution in [-0.2, 0) is 9.53 Å². The van der Waals surface area contributed by atoms with Gasteiger partial charge in [0, 0.05) is 0 Å². The lowest BCUT2D eigenvalue weighted by atomic mass is 9.77. The highest BCUT2D eigenvalue weighted by Gasteiger charge is 2.35. The molecule has 0 bridgehead atoms. The first kappa shape index (κ1) is 12.0. The third kappa shape index (κ3) is 2.49. The maximum absolute atomic E-state index is 11.8. The molecule has 0 spiro atoms. The summed E-state index contributed by atoms with van der Waals surface area (Å²) in [6, 6.07) is 0. The number of hydrogen-bond acceptors (Lipinski definition) is 2. The van der Waals surface area contributed by atoms with Crippen molar-refractivity contribution in [2.24, 2.45) is 5.41 Å². The van der Waals surface area contributed by atoms with Gasteiger partial charge in [-0.1, -0.05) is 37.6 Å². The quantitative estimate of drug-likeness (QED) is 0.663. The SMILES string of the molecule is CCOC(=O)C1(CC)C=CC(CC)=CC1. The Bertz CT molecular complexity index is 289. The van der Waals surface area contributed by atoms with Crippen LogP contribution in [0, 0.1) is 5.41 Å². The van der Waals surface area contributed by atoms with Gasteiger partial charge in [0.2, 0.25) is 0 Å². The number of esters is 1. The topological polar surface area (TPSA) is 26.3 Å². The van der Waals surface area contributed by atoms with Gasteiger partial charge in [-0.2, -0.15) is 0 Å². The highest BCUT2D eigenvalue weighted by atomic mass is 16.5. The van der Waals surface area contributed by atoms with Crippen molar-refractivity contribution in [1.29, 1.82) is 0 Å². The molecule has 1 aliphatic carbocycles. The van der Waals surface area contributed by atoms with Crippen LogP contribution in [-0.4, -0.2) is 12.6 Å². The maximum Gasteiger partial charge on any atom is 0.316 e. The number of carbonyl (C=O) groups is 1. The lowest BCUT2D eigenvalue weighted by Crippen LogP contribution is -2.31. The van der Waals surface area contributed by atoms with E-state index < -0.39 is 5.41 Å². The Morgan fingerprint density at radius 2 is 2.20 bits per heavy atom. The summed E-state index contributed by atoms with van der Waals surface area (Å²) in [7, 11) is 0. The Morgan fingerprint density at radius 1 is 1.47 bits per heavy atom. The van der Waals surface area contributed by atoms with E-state index in [0.717, 1.165) is 19.3 Å². The summed E-state index contributed by atoms with van der Waals surface area (Å²) in [6.07, 6.45) is 8.84. The molecule has 2 nitrogen and oxygen atoms in total. The number of carbonyl (C=O) groups excluding carboxylic acids is 1. The van der Waals surface area contributed by atoms with Crippen LogP contribution < -0.4 is 0 Å². The summed E-state index contributed by atoms with van der Waals surface area (Å²) in [5.41, 5.74) is 0.901. The standard InChI is InChI=1S/C13H20O2/c1-4-11-7-9-13(5-2,10-8-11)12(14)15-6-3/h7-9H,4-6,10H2,1-3H3. The van der Waals surface area contributed by atoms with Crippen LogP contribution >= 0.6 is 0 Å². The maximum atomic E-state index is 11.8. The second-order valence-corrected chi connectivity index (χ2v) is 3.90. The smallest absolute Gasteiger partial charge is 0.316 e. The molecule has 2 heteroatoms. The molecule has 0 fully saturated rings. The fraction of sp³-hybridized carbons (Fsp3) is 0.615.